The lowest BCUT2D eigenvalue weighted by Gasteiger charge is -2.01. The van der Waals surface area contributed by atoms with Crippen molar-refractivity contribution in [1.82, 2.24) is 0 Å². The number of halogens is 5. The van der Waals surface area contributed by atoms with Gasteiger partial charge in [0.2, 0.25) is 0 Å². The van der Waals surface area contributed by atoms with Gasteiger partial charge in [-0.15, -0.1) is 0 Å². The minimum Gasteiger partial charge on any atom is -0.423 e. The van der Waals surface area contributed by atoms with Crippen LogP contribution in [0.15, 0.2) is 30.3 Å². The van der Waals surface area contributed by atoms with E-state index in [2.05, 4.69) is 0 Å². The molecule has 2 rings (SSSR count). The lowest BCUT2D eigenvalue weighted by atomic mass is 9.80. The highest BCUT2D eigenvalue weighted by Crippen LogP contribution is 2.07. The van der Waals surface area contributed by atoms with Crippen LogP contribution in [0, 0.1) is 29.1 Å². The molecule has 0 saturated heterocycles. The molecule has 0 aliphatic rings. The molecule has 23 heavy (non-hydrogen) atoms. The van der Waals surface area contributed by atoms with Crippen LogP contribution in [-0.4, -0.2) is 34.3 Å². The molecule has 0 fully saturated rings. The molecule has 0 atom stereocenters. The molecule has 122 valence electrons. The zero-order valence-corrected chi connectivity index (χ0v) is 11.2. The second-order valence-corrected chi connectivity index (χ2v) is 4.21. The Morgan fingerprint density at radius 1 is 0.652 bits per heavy atom. The molecule has 4 N–H and O–H groups in total. The fourth-order valence-electron chi connectivity index (χ4n) is 1.46. The highest BCUT2D eigenvalue weighted by Gasteiger charge is 2.21. The third-order valence-corrected chi connectivity index (χ3v) is 2.53. The van der Waals surface area contributed by atoms with Crippen LogP contribution >= 0.6 is 0 Å². The Labute approximate surface area is 127 Å². The molecule has 0 spiro atoms. The average molecular weight is 334 g/mol. The molecule has 0 amide bonds. The van der Waals surface area contributed by atoms with Gasteiger partial charge in [0.1, 0.15) is 11.6 Å². The molecule has 4 nitrogen and oxygen atoms in total. The first-order valence-corrected chi connectivity index (χ1v) is 5.95. The van der Waals surface area contributed by atoms with Gasteiger partial charge >= 0.3 is 14.2 Å². The first-order chi connectivity index (χ1) is 10.6. The van der Waals surface area contributed by atoms with Crippen LogP contribution in [0.1, 0.15) is 0 Å². The third-order valence-electron chi connectivity index (χ3n) is 2.53. The van der Waals surface area contributed by atoms with Crippen LogP contribution in [0.5, 0.6) is 0 Å². The first kappa shape index (κ1) is 19.1. The van der Waals surface area contributed by atoms with Gasteiger partial charge in [0.25, 0.3) is 0 Å². The summed E-state index contributed by atoms with van der Waals surface area (Å²) in [5.41, 5.74) is -0.878. The molecule has 0 radical (unpaired) electrons. The van der Waals surface area contributed by atoms with Gasteiger partial charge in [0.05, 0.1) is 0 Å². The van der Waals surface area contributed by atoms with E-state index in [4.69, 9.17) is 20.1 Å². The molecule has 2 aromatic carbocycles. The van der Waals surface area contributed by atoms with Crippen LogP contribution in [0.4, 0.5) is 22.0 Å². The Bertz CT molecular complexity index is 664. The minimum atomic E-state index is -2.14. The Morgan fingerprint density at radius 2 is 1.17 bits per heavy atom. The summed E-state index contributed by atoms with van der Waals surface area (Å²) in [7, 11) is -3.97. The van der Waals surface area contributed by atoms with Crippen molar-refractivity contribution in [2.75, 3.05) is 0 Å². The van der Waals surface area contributed by atoms with Gasteiger partial charge in [0, 0.05) is 11.5 Å². The van der Waals surface area contributed by atoms with E-state index in [0.29, 0.717) is 12.1 Å². The van der Waals surface area contributed by atoms with Crippen molar-refractivity contribution in [3.63, 3.8) is 0 Å². The maximum atomic E-state index is 12.6. The molecule has 0 aliphatic carbocycles. The quantitative estimate of drug-likeness (QED) is 0.337. The van der Waals surface area contributed by atoms with Crippen molar-refractivity contribution in [2.45, 2.75) is 0 Å². The van der Waals surface area contributed by atoms with Gasteiger partial charge in [-0.1, -0.05) is 6.07 Å². The van der Waals surface area contributed by atoms with Gasteiger partial charge in [-0.3, -0.25) is 0 Å². The standard InChI is InChI=1S/C6H4BF3O2.C6H5BF2O2/c8-4-2-1-3(7(11)12)5(9)6(4)10;8-5-1-4(7(10)11)2-6(9)3-5/h1-2,11-12H;1-3,10-11H. The van der Waals surface area contributed by atoms with E-state index < -0.39 is 48.8 Å². The van der Waals surface area contributed by atoms with Crippen LogP contribution in [-0.2, 0) is 0 Å². The normalized spacial score (nSPS) is 9.96. The maximum Gasteiger partial charge on any atom is 0.491 e. The van der Waals surface area contributed by atoms with Gasteiger partial charge in [-0.25, -0.2) is 22.0 Å². The Kier molecular flexibility index (Phi) is 6.70. The molecule has 0 heterocycles. The number of hydrogen-bond donors (Lipinski definition) is 4. The van der Waals surface area contributed by atoms with Gasteiger partial charge in [0.15, 0.2) is 17.5 Å². The van der Waals surface area contributed by atoms with Crippen LogP contribution in [0.3, 0.4) is 0 Å². The molecule has 0 aromatic heterocycles. The van der Waals surface area contributed by atoms with E-state index >= 15 is 0 Å². The van der Waals surface area contributed by atoms with E-state index in [1.807, 2.05) is 0 Å². The van der Waals surface area contributed by atoms with Crippen molar-refractivity contribution in [2.24, 2.45) is 0 Å². The molecule has 0 saturated carbocycles. The summed E-state index contributed by atoms with van der Waals surface area (Å²) in [6, 6.07) is 3.75. The van der Waals surface area contributed by atoms with Crippen molar-refractivity contribution in [3.05, 3.63) is 59.4 Å². The van der Waals surface area contributed by atoms with Crippen molar-refractivity contribution in [1.29, 1.82) is 0 Å². The molecular formula is C12H9B2F5O4. The molecule has 0 bridgehead atoms. The fourth-order valence-corrected chi connectivity index (χ4v) is 1.46. The summed E-state index contributed by atoms with van der Waals surface area (Å²) in [4.78, 5) is 0. The third kappa shape index (κ3) is 5.32. The van der Waals surface area contributed by atoms with Crippen molar-refractivity contribution >= 4 is 25.2 Å². The molecule has 2 aromatic rings. The average Bonchev–Trinajstić information content (AvgIpc) is 2.44. The molecule has 11 heteroatoms. The minimum absolute atomic E-state index is 0.192. The Balaban J connectivity index is 0.000000231. The highest BCUT2D eigenvalue weighted by molar-refractivity contribution is 6.59. The van der Waals surface area contributed by atoms with E-state index in [0.717, 1.165) is 18.2 Å². The van der Waals surface area contributed by atoms with E-state index in [9.17, 15) is 22.0 Å². The summed E-state index contributed by atoms with van der Waals surface area (Å²) >= 11 is 0. The smallest absolute Gasteiger partial charge is 0.423 e. The van der Waals surface area contributed by atoms with Crippen molar-refractivity contribution in [3.8, 4) is 0 Å². The zero-order valence-electron chi connectivity index (χ0n) is 11.2. The maximum absolute atomic E-state index is 12.6. The largest absolute Gasteiger partial charge is 0.491 e. The summed E-state index contributed by atoms with van der Waals surface area (Å²) in [6.45, 7) is 0. The first-order valence-electron chi connectivity index (χ1n) is 5.95. The topological polar surface area (TPSA) is 80.9 Å². The number of benzene rings is 2. The van der Waals surface area contributed by atoms with Crippen molar-refractivity contribution < 1.29 is 42.0 Å². The highest BCUT2D eigenvalue weighted by atomic mass is 19.2. The number of hydrogen-bond acceptors (Lipinski definition) is 4. The molecule has 0 aliphatic heterocycles. The zero-order chi connectivity index (χ0) is 17.7. The lowest BCUT2D eigenvalue weighted by Crippen LogP contribution is -2.33. The summed E-state index contributed by atoms with van der Waals surface area (Å²) < 4.78 is 61.9. The second kappa shape index (κ2) is 8.06. The van der Waals surface area contributed by atoms with E-state index in [1.165, 1.54) is 0 Å². The second-order valence-electron chi connectivity index (χ2n) is 4.21. The van der Waals surface area contributed by atoms with Crippen LogP contribution < -0.4 is 10.9 Å². The SMILES string of the molecule is OB(O)c1cc(F)cc(F)c1.OB(O)c1ccc(F)c(F)c1F. The van der Waals surface area contributed by atoms with Gasteiger partial charge in [-0.2, -0.15) is 0 Å². The van der Waals surface area contributed by atoms with Gasteiger partial charge < -0.3 is 20.1 Å². The predicted molar refractivity (Wildman–Crippen MR) is 72.3 cm³/mol. The number of rotatable bonds is 2. The lowest BCUT2D eigenvalue weighted by molar-refractivity contribution is 0.414. The summed E-state index contributed by atoms with van der Waals surface area (Å²) in [6.07, 6.45) is 0. The predicted octanol–water partition coefficient (Wildman–Crippen LogP) is -0.572. The monoisotopic (exact) mass is 334 g/mol. The Hall–Kier alpha value is -1.94. The summed E-state index contributed by atoms with van der Waals surface area (Å²) in [5, 5.41) is 33.9. The van der Waals surface area contributed by atoms with Crippen LogP contribution in [0.25, 0.3) is 0 Å². The fraction of sp³-hybridized carbons (Fsp3) is 0. The molecule has 0 unspecified atom stereocenters. The summed E-state index contributed by atoms with van der Waals surface area (Å²) in [5.74, 6) is -6.30. The Morgan fingerprint density at radius 3 is 1.61 bits per heavy atom. The van der Waals surface area contributed by atoms with E-state index in [1.54, 1.807) is 0 Å². The molecular weight excluding hydrogens is 325 g/mol. The van der Waals surface area contributed by atoms with Gasteiger partial charge in [-0.05, 0) is 23.7 Å². The van der Waals surface area contributed by atoms with E-state index in [-0.39, 0.29) is 5.46 Å². The van der Waals surface area contributed by atoms with Crippen LogP contribution in [0.2, 0.25) is 0 Å².